The van der Waals surface area contributed by atoms with Gasteiger partial charge < -0.3 is 10.4 Å². The highest BCUT2D eigenvalue weighted by Crippen LogP contribution is 2.29. The van der Waals surface area contributed by atoms with Gasteiger partial charge in [-0.05, 0) is 36.8 Å². The zero-order valence-corrected chi connectivity index (χ0v) is 13.9. The number of amides is 1. The first-order valence-corrected chi connectivity index (χ1v) is 8.09. The molecule has 2 aromatic rings. The van der Waals surface area contributed by atoms with Gasteiger partial charge in [0, 0.05) is 5.75 Å². The molecule has 25 heavy (non-hydrogen) atoms. The van der Waals surface area contributed by atoms with Crippen LogP contribution in [0.1, 0.15) is 27.0 Å². The third-order valence-corrected chi connectivity index (χ3v) is 4.14. The van der Waals surface area contributed by atoms with Crippen LogP contribution in [0.3, 0.4) is 0 Å². The average molecular weight is 369 g/mol. The Morgan fingerprint density at radius 2 is 1.76 bits per heavy atom. The molecule has 2 rings (SSSR count). The second-order valence-electron chi connectivity index (χ2n) is 5.25. The minimum atomic E-state index is -4.40. The van der Waals surface area contributed by atoms with Crippen LogP contribution in [0.4, 0.5) is 23.7 Å². The molecule has 0 saturated carbocycles. The van der Waals surface area contributed by atoms with Crippen molar-refractivity contribution in [2.24, 2.45) is 0 Å². The Bertz CT molecular complexity index is 789. The van der Waals surface area contributed by atoms with Crippen LogP contribution >= 0.6 is 11.8 Å². The summed E-state index contributed by atoms with van der Waals surface area (Å²) in [5.74, 6) is -0.996. The topological polar surface area (TPSA) is 66.4 Å². The van der Waals surface area contributed by atoms with Crippen molar-refractivity contribution >= 4 is 28.7 Å². The molecule has 0 spiro atoms. The molecule has 0 aromatic heterocycles. The van der Waals surface area contributed by atoms with Gasteiger partial charge in [0.05, 0.1) is 16.8 Å². The number of hydrogen-bond donors (Lipinski definition) is 2. The molecule has 0 bridgehead atoms. The van der Waals surface area contributed by atoms with Crippen LogP contribution in [0.5, 0.6) is 0 Å². The van der Waals surface area contributed by atoms with Gasteiger partial charge in [-0.3, -0.25) is 4.79 Å². The lowest BCUT2D eigenvalue weighted by Gasteiger charge is -2.10. The van der Waals surface area contributed by atoms with E-state index in [0.29, 0.717) is 5.56 Å². The van der Waals surface area contributed by atoms with Gasteiger partial charge in [-0.2, -0.15) is 13.2 Å². The van der Waals surface area contributed by atoms with E-state index < -0.39 is 22.9 Å². The zero-order valence-electron chi connectivity index (χ0n) is 13.1. The summed E-state index contributed by atoms with van der Waals surface area (Å²) < 4.78 is 37.5. The van der Waals surface area contributed by atoms with E-state index in [1.807, 2.05) is 0 Å². The van der Waals surface area contributed by atoms with Gasteiger partial charge in [-0.25, -0.2) is 4.79 Å². The molecule has 0 aliphatic rings. The molecule has 132 valence electrons. The molecule has 0 unspecified atom stereocenters. The van der Waals surface area contributed by atoms with Crippen molar-refractivity contribution in [3.05, 3.63) is 64.7 Å². The number of benzene rings is 2. The highest BCUT2D eigenvalue weighted by atomic mass is 32.2. The van der Waals surface area contributed by atoms with Crippen LogP contribution in [0.2, 0.25) is 0 Å². The number of halogens is 3. The van der Waals surface area contributed by atoms with Crippen molar-refractivity contribution in [1.82, 2.24) is 0 Å². The third kappa shape index (κ3) is 5.25. The van der Waals surface area contributed by atoms with E-state index >= 15 is 0 Å². The van der Waals surface area contributed by atoms with Crippen LogP contribution in [0, 0.1) is 6.92 Å². The van der Waals surface area contributed by atoms with E-state index in [0.717, 1.165) is 29.5 Å². The summed E-state index contributed by atoms with van der Waals surface area (Å²) >= 11 is 0.838. The average Bonchev–Trinajstić information content (AvgIpc) is 2.54. The smallest absolute Gasteiger partial charge is 0.416 e. The van der Waals surface area contributed by atoms with Crippen molar-refractivity contribution < 1.29 is 27.9 Å². The van der Waals surface area contributed by atoms with E-state index in [1.165, 1.54) is 24.3 Å². The van der Waals surface area contributed by atoms with Crippen LogP contribution in [-0.4, -0.2) is 16.3 Å². The Morgan fingerprint density at radius 3 is 2.32 bits per heavy atom. The molecule has 8 heteroatoms. The summed E-state index contributed by atoms with van der Waals surface area (Å²) in [5, 5.41) is 11.1. The number of nitrogens with one attached hydrogen (secondary N) is 1. The summed E-state index contributed by atoms with van der Waals surface area (Å²) in [4.78, 5) is 23.1. The Labute approximate surface area is 146 Å². The second kappa shape index (κ2) is 7.60. The van der Waals surface area contributed by atoms with E-state index in [2.05, 4.69) is 5.32 Å². The Hall–Kier alpha value is -2.48. The van der Waals surface area contributed by atoms with E-state index in [4.69, 9.17) is 5.11 Å². The Morgan fingerprint density at radius 1 is 1.12 bits per heavy atom. The van der Waals surface area contributed by atoms with Crippen molar-refractivity contribution in [2.45, 2.75) is 18.9 Å². The van der Waals surface area contributed by atoms with Gasteiger partial charge in [0.2, 0.25) is 0 Å². The van der Waals surface area contributed by atoms with E-state index in [1.54, 1.807) is 13.0 Å². The highest BCUT2D eigenvalue weighted by Gasteiger charge is 2.29. The van der Waals surface area contributed by atoms with Crippen molar-refractivity contribution in [3.8, 4) is 0 Å². The number of carboxylic acids is 1. The van der Waals surface area contributed by atoms with Crippen LogP contribution < -0.4 is 5.32 Å². The molecule has 0 saturated heterocycles. The van der Waals surface area contributed by atoms with Gasteiger partial charge in [0.1, 0.15) is 0 Å². The molecule has 0 radical (unpaired) electrons. The van der Waals surface area contributed by atoms with Gasteiger partial charge >= 0.3 is 12.1 Å². The number of carbonyl (C=O) groups is 2. The predicted octanol–water partition coefficient (Wildman–Crippen LogP) is 5.18. The molecule has 4 nitrogen and oxygen atoms in total. The van der Waals surface area contributed by atoms with Crippen LogP contribution in [-0.2, 0) is 11.9 Å². The number of thioether (sulfide) groups is 1. The van der Waals surface area contributed by atoms with E-state index in [9.17, 15) is 22.8 Å². The summed E-state index contributed by atoms with van der Waals surface area (Å²) in [6, 6.07) is 9.12. The van der Waals surface area contributed by atoms with Crippen molar-refractivity contribution in [2.75, 3.05) is 5.32 Å². The number of carboxylic acid groups (broad SMARTS) is 1. The maximum absolute atomic E-state index is 12.5. The number of alkyl halides is 3. The van der Waals surface area contributed by atoms with Gasteiger partial charge in [-0.1, -0.05) is 35.5 Å². The first kappa shape index (κ1) is 18.9. The number of rotatable bonds is 4. The molecular formula is C17H14F3NO3S. The number of anilines is 1. The lowest BCUT2D eigenvalue weighted by atomic mass is 10.1. The van der Waals surface area contributed by atoms with Gasteiger partial charge in [0.15, 0.2) is 0 Å². The summed E-state index contributed by atoms with van der Waals surface area (Å²) in [7, 11) is 0. The molecule has 0 aliphatic carbocycles. The Kier molecular flexibility index (Phi) is 5.73. The van der Waals surface area contributed by atoms with E-state index in [-0.39, 0.29) is 17.0 Å². The van der Waals surface area contributed by atoms with Gasteiger partial charge in [-0.15, -0.1) is 0 Å². The monoisotopic (exact) mass is 369 g/mol. The lowest BCUT2D eigenvalue weighted by Crippen LogP contribution is -2.10. The molecule has 2 N–H and O–H groups in total. The SMILES string of the molecule is Cc1ccc(NC(=O)SCc2ccc(C(F)(F)F)cc2)c(C(=O)O)c1. The highest BCUT2D eigenvalue weighted by molar-refractivity contribution is 8.13. The molecule has 0 heterocycles. The normalized spacial score (nSPS) is 11.2. The fourth-order valence-corrected chi connectivity index (χ4v) is 2.70. The third-order valence-electron chi connectivity index (χ3n) is 3.29. The molecular weight excluding hydrogens is 355 g/mol. The fourth-order valence-electron chi connectivity index (χ4n) is 2.03. The van der Waals surface area contributed by atoms with Crippen molar-refractivity contribution in [1.29, 1.82) is 0 Å². The number of carbonyl (C=O) groups excluding carboxylic acids is 1. The first-order chi connectivity index (χ1) is 11.7. The number of aromatic carboxylic acids is 1. The second-order valence-corrected chi connectivity index (χ2v) is 6.20. The zero-order chi connectivity index (χ0) is 18.6. The quantitative estimate of drug-likeness (QED) is 0.780. The maximum Gasteiger partial charge on any atom is 0.416 e. The largest absolute Gasteiger partial charge is 0.478 e. The lowest BCUT2D eigenvalue weighted by molar-refractivity contribution is -0.137. The van der Waals surface area contributed by atoms with Gasteiger partial charge in [0.25, 0.3) is 5.24 Å². The fraction of sp³-hybridized carbons (Fsp3) is 0.176. The minimum Gasteiger partial charge on any atom is -0.478 e. The summed E-state index contributed by atoms with van der Waals surface area (Å²) in [6.45, 7) is 1.73. The first-order valence-electron chi connectivity index (χ1n) is 7.10. The molecule has 1 amide bonds. The molecule has 0 fully saturated rings. The molecule has 0 atom stereocenters. The standard InChI is InChI=1S/C17H14F3NO3S/c1-10-2-7-14(13(8-10)15(22)23)21-16(24)25-9-11-3-5-12(6-4-11)17(18,19)20/h2-8H,9H2,1H3,(H,21,24)(H,22,23). The Balaban J connectivity index is 1.99. The minimum absolute atomic E-state index is 0.0246. The number of aryl methyl sites for hydroxylation is 1. The van der Waals surface area contributed by atoms with Crippen LogP contribution in [0.15, 0.2) is 42.5 Å². The molecule has 2 aromatic carbocycles. The van der Waals surface area contributed by atoms with Crippen molar-refractivity contribution in [3.63, 3.8) is 0 Å². The summed E-state index contributed by atoms with van der Waals surface area (Å²) in [5.41, 5.74) is 0.686. The number of hydrogen-bond acceptors (Lipinski definition) is 3. The summed E-state index contributed by atoms with van der Waals surface area (Å²) in [6.07, 6.45) is -4.40. The predicted molar refractivity (Wildman–Crippen MR) is 89.9 cm³/mol. The maximum atomic E-state index is 12.5. The van der Waals surface area contributed by atoms with Crippen LogP contribution in [0.25, 0.3) is 0 Å². The molecule has 0 aliphatic heterocycles.